The summed E-state index contributed by atoms with van der Waals surface area (Å²) in [5.41, 5.74) is 5.36. The monoisotopic (exact) mass is 298 g/mol. The molecule has 0 amide bonds. The summed E-state index contributed by atoms with van der Waals surface area (Å²) in [6.07, 6.45) is 4.59. The zero-order valence-electron chi connectivity index (χ0n) is 15.2. The van der Waals surface area contributed by atoms with Gasteiger partial charge in [-0.2, -0.15) is 0 Å². The summed E-state index contributed by atoms with van der Waals surface area (Å²) < 4.78 is 0. The van der Waals surface area contributed by atoms with Crippen molar-refractivity contribution in [1.29, 1.82) is 0 Å². The molecule has 0 atom stereocenters. The molecule has 1 nitrogen and oxygen atoms in total. The van der Waals surface area contributed by atoms with Crippen molar-refractivity contribution < 1.29 is 5.11 Å². The smallest absolute Gasteiger partial charge is 0.137 e. The average molecular weight is 298 g/mol. The molecule has 0 saturated carbocycles. The van der Waals surface area contributed by atoms with Gasteiger partial charge in [0.25, 0.3) is 0 Å². The molecule has 1 aromatic rings. The molecule has 0 aliphatic heterocycles. The lowest BCUT2D eigenvalue weighted by Gasteiger charge is -2.39. The summed E-state index contributed by atoms with van der Waals surface area (Å²) in [7, 11) is 0. The van der Waals surface area contributed by atoms with Gasteiger partial charge in [-0.15, -0.1) is 0 Å². The van der Waals surface area contributed by atoms with Crippen molar-refractivity contribution in [2.45, 2.75) is 72.5 Å². The molecule has 1 aromatic carbocycles. The van der Waals surface area contributed by atoms with Gasteiger partial charge in [0.1, 0.15) is 6.71 Å². The molecule has 0 heterocycles. The summed E-state index contributed by atoms with van der Waals surface area (Å²) in [6, 6.07) is 8.79. The molecule has 1 aliphatic carbocycles. The van der Waals surface area contributed by atoms with Gasteiger partial charge in [-0.25, -0.2) is 0 Å². The minimum atomic E-state index is -0.625. The Balaban J connectivity index is 1.94. The molecule has 22 heavy (non-hydrogen) atoms. The number of allylic oxidation sites excluding steroid dienone is 2. The van der Waals surface area contributed by atoms with Crippen molar-refractivity contribution in [2.75, 3.05) is 0 Å². The maximum atomic E-state index is 10.3. The van der Waals surface area contributed by atoms with Gasteiger partial charge in [0.05, 0.1) is 5.60 Å². The van der Waals surface area contributed by atoms with Crippen LogP contribution in [0, 0.1) is 5.41 Å². The van der Waals surface area contributed by atoms with Gasteiger partial charge in [-0.1, -0.05) is 63.1 Å². The SMILES string of the molecule is CB(CCC1=C(C)c2ccccc2C1)CC(C)(C)C(C)(C)O. The van der Waals surface area contributed by atoms with E-state index >= 15 is 0 Å². The van der Waals surface area contributed by atoms with Crippen LogP contribution in [0.25, 0.3) is 5.57 Å². The predicted octanol–water partition coefficient (Wildman–Crippen LogP) is 5.33. The van der Waals surface area contributed by atoms with E-state index in [0.29, 0.717) is 6.71 Å². The van der Waals surface area contributed by atoms with E-state index in [0.717, 1.165) is 12.7 Å². The Morgan fingerprint density at radius 2 is 1.77 bits per heavy atom. The fraction of sp³-hybridized carbons (Fsp3) is 0.600. The maximum absolute atomic E-state index is 10.3. The molecule has 0 spiro atoms. The molecule has 0 unspecified atom stereocenters. The van der Waals surface area contributed by atoms with Crippen molar-refractivity contribution in [2.24, 2.45) is 5.41 Å². The largest absolute Gasteiger partial charge is 0.390 e. The summed E-state index contributed by atoms with van der Waals surface area (Å²) in [5, 5.41) is 10.3. The van der Waals surface area contributed by atoms with Crippen LogP contribution < -0.4 is 0 Å². The van der Waals surface area contributed by atoms with Crippen LogP contribution in [-0.4, -0.2) is 17.4 Å². The van der Waals surface area contributed by atoms with Gasteiger partial charge in [0, 0.05) is 0 Å². The molecule has 1 N–H and O–H groups in total. The van der Waals surface area contributed by atoms with Crippen molar-refractivity contribution in [1.82, 2.24) is 0 Å². The predicted molar refractivity (Wildman–Crippen MR) is 98.7 cm³/mol. The first-order valence-electron chi connectivity index (χ1n) is 8.61. The highest BCUT2D eigenvalue weighted by atomic mass is 16.3. The lowest BCUT2D eigenvalue weighted by molar-refractivity contribution is -0.0241. The molecule has 0 bridgehead atoms. The first kappa shape index (κ1) is 17.3. The van der Waals surface area contributed by atoms with Crippen molar-refractivity contribution in [3.8, 4) is 0 Å². The van der Waals surface area contributed by atoms with Gasteiger partial charge < -0.3 is 5.11 Å². The lowest BCUT2D eigenvalue weighted by Crippen LogP contribution is -2.41. The van der Waals surface area contributed by atoms with Crippen LogP contribution in [0.4, 0.5) is 0 Å². The number of fused-ring (bicyclic) bond motifs is 1. The molecule has 2 rings (SSSR count). The van der Waals surface area contributed by atoms with Crippen molar-refractivity contribution >= 4 is 12.3 Å². The van der Waals surface area contributed by atoms with Gasteiger partial charge in [-0.05, 0) is 55.7 Å². The number of aliphatic hydroxyl groups is 1. The third-order valence-corrected chi connectivity index (χ3v) is 5.81. The standard InChI is InChI=1S/C20H31BO/c1-15-16(13-17-9-7-8-10-18(15)17)11-12-21(6)14-19(2,3)20(4,5)22/h7-10,22H,11-14H2,1-6H3. The Morgan fingerprint density at radius 1 is 1.14 bits per heavy atom. The van der Waals surface area contributed by atoms with Crippen LogP contribution in [-0.2, 0) is 6.42 Å². The first-order chi connectivity index (χ1) is 10.1. The molecule has 1 aliphatic rings. The number of hydrogen-bond acceptors (Lipinski definition) is 1. The fourth-order valence-corrected chi connectivity index (χ4v) is 3.51. The van der Waals surface area contributed by atoms with E-state index in [1.807, 2.05) is 13.8 Å². The van der Waals surface area contributed by atoms with Crippen LogP contribution in [0.3, 0.4) is 0 Å². The normalized spacial score (nSPS) is 15.2. The van der Waals surface area contributed by atoms with Crippen LogP contribution in [0.15, 0.2) is 29.8 Å². The van der Waals surface area contributed by atoms with E-state index < -0.39 is 5.60 Å². The van der Waals surface area contributed by atoms with Gasteiger partial charge in [0.15, 0.2) is 0 Å². The lowest BCUT2D eigenvalue weighted by atomic mass is 9.41. The summed E-state index contributed by atoms with van der Waals surface area (Å²) >= 11 is 0. The average Bonchev–Trinajstić information content (AvgIpc) is 2.72. The first-order valence-corrected chi connectivity index (χ1v) is 8.61. The Bertz CT molecular complexity index is 563. The third-order valence-electron chi connectivity index (χ3n) is 5.81. The van der Waals surface area contributed by atoms with Crippen molar-refractivity contribution in [3.05, 3.63) is 41.0 Å². The van der Waals surface area contributed by atoms with E-state index in [2.05, 4.69) is 51.9 Å². The van der Waals surface area contributed by atoms with Gasteiger partial charge in [-0.3, -0.25) is 0 Å². The molecule has 0 aromatic heterocycles. The Kier molecular flexibility index (Phi) is 4.92. The van der Waals surface area contributed by atoms with E-state index in [-0.39, 0.29) is 5.41 Å². The Morgan fingerprint density at radius 3 is 2.36 bits per heavy atom. The maximum Gasteiger partial charge on any atom is 0.137 e. The summed E-state index contributed by atoms with van der Waals surface area (Å²) in [4.78, 5) is 0. The molecule has 2 heteroatoms. The fourth-order valence-electron chi connectivity index (χ4n) is 3.51. The van der Waals surface area contributed by atoms with E-state index in [4.69, 9.17) is 0 Å². The second kappa shape index (κ2) is 6.24. The molecule has 0 radical (unpaired) electrons. The summed E-state index contributed by atoms with van der Waals surface area (Å²) in [5.74, 6) is 0. The topological polar surface area (TPSA) is 20.2 Å². The third kappa shape index (κ3) is 3.66. The number of benzene rings is 1. The van der Waals surface area contributed by atoms with Gasteiger partial charge >= 0.3 is 0 Å². The van der Waals surface area contributed by atoms with Crippen LogP contribution >= 0.6 is 0 Å². The van der Waals surface area contributed by atoms with E-state index in [1.165, 1.54) is 29.4 Å². The second-order valence-electron chi connectivity index (χ2n) is 8.35. The van der Waals surface area contributed by atoms with Gasteiger partial charge in [0.2, 0.25) is 0 Å². The highest BCUT2D eigenvalue weighted by Crippen LogP contribution is 2.38. The molecular formula is C20H31BO. The molecule has 0 fully saturated rings. The Labute approximate surface area is 136 Å². The minimum Gasteiger partial charge on any atom is -0.390 e. The van der Waals surface area contributed by atoms with E-state index in [1.54, 1.807) is 5.57 Å². The van der Waals surface area contributed by atoms with Crippen molar-refractivity contribution in [3.63, 3.8) is 0 Å². The van der Waals surface area contributed by atoms with Crippen LogP contribution in [0.5, 0.6) is 0 Å². The molecule has 120 valence electrons. The highest BCUT2D eigenvalue weighted by Gasteiger charge is 2.36. The number of hydrogen-bond donors (Lipinski definition) is 1. The summed E-state index contributed by atoms with van der Waals surface area (Å²) in [6.45, 7) is 13.4. The zero-order chi connectivity index (χ0) is 16.5. The molecular weight excluding hydrogens is 267 g/mol. The van der Waals surface area contributed by atoms with Crippen LogP contribution in [0.2, 0.25) is 19.5 Å². The quantitative estimate of drug-likeness (QED) is 0.704. The van der Waals surface area contributed by atoms with Crippen LogP contribution in [0.1, 0.15) is 52.2 Å². The Hall–Kier alpha value is -1.02. The highest BCUT2D eigenvalue weighted by molar-refractivity contribution is 6.57. The van der Waals surface area contributed by atoms with E-state index in [9.17, 15) is 5.11 Å². The number of rotatable bonds is 6. The molecule has 0 saturated heterocycles. The second-order valence-corrected chi connectivity index (χ2v) is 8.35. The zero-order valence-corrected chi connectivity index (χ0v) is 15.2. The minimum absolute atomic E-state index is 0.0471.